The number of Topliss-reactive ketones (excluding diaryl/α,β-unsaturated/α-hetero) is 1. The first-order chi connectivity index (χ1) is 4.24. The van der Waals surface area contributed by atoms with Gasteiger partial charge in [0.25, 0.3) is 0 Å². The molecule has 0 aromatic heterocycles. The zero-order valence-electron chi connectivity index (χ0n) is 5.98. The minimum Gasteiger partial charge on any atom is -0.300 e. The highest BCUT2D eigenvalue weighted by molar-refractivity contribution is 5.80. The highest BCUT2D eigenvalue weighted by Crippen LogP contribution is 2.32. The summed E-state index contributed by atoms with van der Waals surface area (Å²) in [6.45, 7) is 3.71. The molecule has 0 amide bonds. The SMILES string of the molecule is CC=C1CC(C(C)=O)C1. The average molecular weight is 124 g/mol. The fourth-order valence-electron chi connectivity index (χ4n) is 1.10. The van der Waals surface area contributed by atoms with Crippen LogP contribution in [0, 0.1) is 5.92 Å². The Morgan fingerprint density at radius 2 is 2.22 bits per heavy atom. The summed E-state index contributed by atoms with van der Waals surface area (Å²) in [6.07, 6.45) is 4.15. The zero-order chi connectivity index (χ0) is 6.85. The van der Waals surface area contributed by atoms with E-state index in [2.05, 4.69) is 6.08 Å². The van der Waals surface area contributed by atoms with E-state index in [1.54, 1.807) is 6.92 Å². The van der Waals surface area contributed by atoms with Crippen molar-refractivity contribution >= 4 is 5.78 Å². The summed E-state index contributed by atoms with van der Waals surface area (Å²) in [5, 5.41) is 0. The van der Waals surface area contributed by atoms with Gasteiger partial charge in [-0.25, -0.2) is 0 Å². The first-order valence-electron chi connectivity index (χ1n) is 3.38. The largest absolute Gasteiger partial charge is 0.300 e. The second kappa shape index (κ2) is 2.34. The van der Waals surface area contributed by atoms with Crippen LogP contribution in [-0.2, 0) is 4.79 Å². The lowest BCUT2D eigenvalue weighted by atomic mass is 9.78. The molecule has 9 heavy (non-hydrogen) atoms. The molecule has 0 bridgehead atoms. The summed E-state index contributed by atoms with van der Waals surface area (Å²) in [7, 11) is 0. The van der Waals surface area contributed by atoms with Crippen LogP contribution >= 0.6 is 0 Å². The number of hydrogen-bond acceptors (Lipinski definition) is 1. The molecule has 0 N–H and O–H groups in total. The molecule has 1 heteroatoms. The smallest absolute Gasteiger partial charge is 0.133 e. The van der Waals surface area contributed by atoms with Crippen molar-refractivity contribution in [1.82, 2.24) is 0 Å². The maximum Gasteiger partial charge on any atom is 0.133 e. The van der Waals surface area contributed by atoms with Crippen molar-refractivity contribution in [2.45, 2.75) is 26.7 Å². The van der Waals surface area contributed by atoms with Gasteiger partial charge in [0.1, 0.15) is 5.78 Å². The summed E-state index contributed by atoms with van der Waals surface area (Å²) in [4.78, 5) is 10.7. The standard InChI is InChI=1S/C8H12O/c1-3-7-4-8(5-7)6(2)9/h3,8H,4-5H2,1-2H3. The van der Waals surface area contributed by atoms with Gasteiger partial charge in [-0.3, -0.25) is 4.79 Å². The molecule has 0 aromatic carbocycles. The van der Waals surface area contributed by atoms with Crippen LogP contribution in [0.1, 0.15) is 26.7 Å². The first kappa shape index (κ1) is 6.53. The van der Waals surface area contributed by atoms with Gasteiger partial charge in [-0.15, -0.1) is 0 Å². The van der Waals surface area contributed by atoms with E-state index in [4.69, 9.17) is 0 Å². The molecule has 0 aliphatic heterocycles. The summed E-state index contributed by atoms with van der Waals surface area (Å²) >= 11 is 0. The lowest BCUT2D eigenvalue weighted by Gasteiger charge is -2.26. The highest BCUT2D eigenvalue weighted by atomic mass is 16.1. The Kier molecular flexibility index (Phi) is 1.70. The fraction of sp³-hybridized carbons (Fsp3) is 0.625. The molecule has 0 atom stereocenters. The molecule has 1 saturated carbocycles. The molecule has 1 aliphatic carbocycles. The maximum atomic E-state index is 10.7. The Bertz CT molecular complexity index is 148. The Balaban J connectivity index is 2.35. The monoisotopic (exact) mass is 124 g/mol. The van der Waals surface area contributed by atoms with Crippen LogP contribution in [0.5, 0.6) is 0 Å². The number of hydrogen-bond donors (Lipinski definition) is 0. The van der Waals surface area contributed by atoms with Crippen molar-refractivity contribution in [3.8, 4) is 0 Å². The van der Waals surface area contributed by atoms with Gasteiger partial charge in [-0.1, -0.05) is 11.6 Å². The number of carbonyl (C=O) groups excluding carboxylic acids is 1. The van der Waals surface area contributed by atoms with E-state index in [-0.39, 0.29) is 0 Å². The molecule has 0 spiro atoms. The van der Waals surface area contributed by atoms with Crippen LogP contribution in [-0.4, -0.2) is 5.78 Å². The van der Waals surface area contributed by atoms with Crippen molar-refractivity contribution in [1.29, 1.82) is 0 Å². The second-order valence-corrected chi connectivity index (χ2v) is 2.66. The van der Waals surface area contributed by atoms with E-state index in [1.807, 2.05) is 6.92 Å². The van der Waals surface area contributed by atoms with Gasteiger partial charge in [0.2, 0.25) is 0 Å². The summed E-state index contributed by atoms with van der Waals surface area (Å²) in [5.74, 6) is 0.705. The lowest BCUT2D eigenvalue weighted by Crippen LogP contribution is -2.21. The molecule has 50 valence electrons. The first-order valence-corrected chi connectivity index (χ1v) is 3.38. The molecule has 1 nitrogen and oxygen atoms in total. The third-order valence-corrected chi connectivity index (χ3v) is 2.00. The predicted octanol–water partition coefficient (Wildman–Crippen LogP) is 1.93. The quantitative estimate of drug-likeness (QED) is 0.488. The van der Waals surface area contributed by atoms with Crippen LogP contribution in [0.3, 0.4) is 0 Å². The Morgan fingerprint density at radius 3 is 2.56 bits per heavy atom. The van der Waals surface area contributed by atoms with E-state index in [0.717, 1.165) is 12.8 Å². The van der Waals surface area contributed by atoms with Crippen molar-refractivity contribution in [3.05, 3.63) is 11.6 Å². The minimum absolute atomic E-state index is 0.348. The summed E-state index contributed by atoms with van der Waals surface area (Å²) < 4.78 is 0. The Morgan fingerprint density at radius 1 is 1.67 bits per heavy atom. The van der Waals surface area contributed by atoms with Crippen LogP contribution in [0.25, 0.3) is 0 Å². The van der Waals surface area contributed by atoms with Crippen molar-refractivity contribution in [2.75, 3.05) is 0 Å². The Labute approximate surface area is 55.8 Å². The number of carbonyl (C=O) groups is 1. The lowest BCUT2D eigenvalue weighted by molar-refractivity contribution is -0.121. The molecule has 1 rings (SSSR count). The molecule has 1 aliphatic rings. The fourth-order valence-corrected chi connectivity index (χ4v) is 1.10. The third kappa shape index (κ3) is 1.21. The van der Waals surface area contributed by atoms with Crippen molar-refractivity contribution in [2.24, 2.45) is 5.92 Å². The highest BCUT2D eigenvalue weighted by Gasteiger charge is 2.25. The molecule has 0 heterocycles. The Hall–Kier alpha value is -0.590. The van der Waals surface area contributed by atoms with Crippen LogP contribution in [0.4, 0.5) is 0 Å². The summed E-state index contributed by atoms with van der Waals surface area (Å²) in [6, 6.07) is 0. The van der Waals surface area contributed by atoms with E-state index >= 15 is 0 Å². The van der Waals surface area contributed by atoms with E-state index in [0.29, 0.717) is 11.7 Å². The number of rotatable bonds is 1. The normalized spacial score (nSPS) is 25.1. The van der Waals surface area contributed by atoms with Gasteiger partial charge in [0.15, 0.2) is 0 Å². The van der Waals surface area contributed by atoms with Gasteiger partial charge in [-0.2, -0.15) is 0 Å². The number of allylic oxidation sites excluding steroid dienone is 2. The van der Waals surface area contributed by atoms with Gasteiger partial charge >= 0.3 is 0 Å². The molecule has 0 radical (unpaired) electrons. The van der Waals surface area contributed by atoms with Gasteiger partial charge in [-0.05, 0) is 26.7 Å². The van der Waals surface area contributed by atoms with Crippen molar-refractivity contribution < 1.29 is 4.79 Å². The van der Waals surface area contributed by atoms with Crippen LogP contribution < -0.4 is 0 Å². The molecular weight excluding hydrogens is 112 g/mol. The van der Waals surface area contributed by atoms with E-state index < -0.39 is 0 Å². The predicted molar refractivity (Wildman–Crippen MR) is 37.2 cm³/mol. The maximum absolute atomic E-state index is 10.7. The van der Waals surface area contributed by atoms with Crippen molar-refractivity contribution in [3.63, 3.8) is 0 Å². The third-order valence-electron chi connectivity index (χ3n) is 2.00. The molecule has 0 unspecified atom stereocenters. The van der Waals surface area contributed by atoms with Gasteiger partial charge < -0.3 is 0 Å². The van der Waals surface area contributed by atoms with Gasteiger partial charge in [0, 0.05) is 5.92 Å². The minimum atomic E-state index is 0.348. The van der Waals surface area contributed by atoms with Gasteiger partial charge in [0.05, 0.1) is 0 Å². The molecule has 1 fully saturated rings. The van der Waals surface area contributed by atoms with Crippen LogP contribution in [0.15, 0.2) is 11.6 Å². The molecule has 0 saturated heterocycles. The van der Waals surface area contributed by atoms with E-state index in [1.165, 1.54) is 5.57 Å². The number of ketones is 1. The second-order valence-electron chi connectivity index (χ2n) is 2.66. The topological polar surface area (TPSA) is 17.1 Å². The molecular formula is C8H12O. The van der Waals surface area contributed by atoms with Crippen LogP contribution in [0.2, 0.25) is 0 Å². The average Bonchev–Trinajstić information content (AvgIpc) is 1.61. The van der Waals surface area contributed by atoms with E-state index in [9.17, 15) is 4.79 Å². The zero-order valence-corrected chi connectivity index (χ0v) is 5.98. The molecule has 0 aromatic rings. The summed E-state index contributed by atoms with van der Waals surface area (Å²) in [5.41, 5.74) is 1.44.